The van der Waals surface area contributed by atoms with Crippen molar-refractivity contribution in [1.29, 1.82) is 0 Å². The molecule has 0 bridgehead atoms. The average molecular weight is 347 g/mol. The minimum Gasteiger partial charge on any atom is -1.00 e. The van der Waals surface area contributed by atoms with Crippen LogP contribution in [0.2, 0.25) is 0 Å². The predicted molar refractivity (Wildman–Crippen MR) is 65.9 cm³/mol. The molecule has 3 nitrogen and oxygen atoms in total. The molecule has 19 heavy (non-hydrogen) atoms. The number of rotatable bonds is 4. The van der Waals surface area contributed by atoms with Crippen molar-refractivity contribution in [1.82, 2.24) is 0 Å². The second kappa shape index (κ2) is 7.60. The maximum Gasteiger partial charge on any atom is -1.00 e. The van der Waals surface area contributed by atoms with E-state index < -0.39 is 17.8 Å². The summed E-state index contributed by atoms with van der Waals surface area (Å²) in [6.07, 6.45) is 0. The molecule has 1 aliphatic carbocycles. The number of halogens is 2. The third-order valence-electron chi connectivity index (χ3n) is 4.17. The molecule has 0 aromatic rings. The quantitative estimate of drug-likeness (QED) is 0.526. The Kier molecular flexibility index (Phi) is 8.78. The molecule has 112 valence electrons. The van der Waals surface area contributed by atoms with Crippen LogP contribution < -0.4 is 24.8 Å². The zero-order chi connectivity index (χ0) is 13.4. The van der Waals surface area contributed by atoms with E-state index in [0.29, 0.717) is 0 Å². The van der Waals surface area contributed by atoms with E-state index >= 15 is 0 Å². The molecule has 6 heteroatoms. The van der Waals surface area contributed by atoms with Gasteiger partial charge in [0.2, 0.25) is 0 Å². The van der Waals surface area contributed by atoms with Crippen molar-refractivity contribution >= 4 is 0 Å². The van der Waals surface area contributed by atoms with E-state index in [1.807, 2.05) is 0 Å². The van der Waals surface area contributed by atoms with Crippen molar-refractivity contribution in [2.75, 3.05) is 21.3 Å². The van der Waals surface area contributed by atoms with Crippen LogP contribution in [0.4, 0.5) is 0 Å². The van der Waals surface area contributed by atoms with Crippen LogP contribution in [0.1, 0.15) is 34.6 Å². The first-order chi connectivity index (χ1) is 7.78. The van der Waals surface area contributed by atoms with Crippen molar-refractivity contribution in [3.8, 4) is 0 Å². The fraction of sp³-hybridized carbons (Fsp3) is 0.692. The molecule has 0 saturated heterocycles. The molecule has 0 saturated carbocycles. The summed E-state index contributed by atoms with van der Waals surface area (Å²) < 4.78 is 18.3. The summed E-state index contributed by atoms with van der Waals surface area (Å²) in [5, 5.41) is 0. The van der Waals surface area contributed by atoms with Gasteiger partial charge in [0.15, 0.2) is 0 Å². The first kappa shape index (κ1) is 21.9. The zero-order valence-corrected chi connectivity index (χ0v) is 16.1. The van der Waals surface area contributed by atoms with Crippen LogP contribution in [-0.4, -0.2) is 21.3 Å². The van der Waals surface area contributed by atoms with Crippen LogP contribution in [0.5, 0.6) is 0 Å². The molecular weight excluding hydrogens is 323 g/mol. The van der Waals surface area contributed by atoms with E-state index in [1.54, 1.807) is 21.3 Å². The van der Waals surface area contributed by atoms with Crippen molar-refractivity contribution in [2.24, 2.45) is 5.41 Å². The van der Waals surface area contributed by atoms with Gasteiger partial charge >= 0.3 is 110 Å². The second-order valence-electron chi connectivity index (χ2n) is 5.04. The number of hydrogen-bond acceptors (Lipinski definition) is 3. The monoisotopic (exact) mass is 346 g/mol. The number of allylic oxidation sites excluding steroid dienone is 4. The maximum absolute atomic E-state index is 5.68. The fourth-order valence-electron chi connectivity index (χ4n) is 2.76. The van der Waals surface area contributed by atoms with Crippen molar-refractivity contribution < 1.29 is 52.5 Å². The van der Waals surface area contributed by atoms with Gasteiger partial charge < -0.3 is 24.8 Å². The molecule has 1 rings (SSSR count). The summed E-state index contributed by atoms with van der Waals surface area (Å²) in [4.78, 5) is 0. The minimum absolute atomic E-state index is 0. The van der Waals surface area contributed by atoms with E-state index in [4.69, 9.17) is 9.96 Å². The Bertz CT molecular complexity index is 377. The smallest absolute Gasteiger partial charge is 1.00 e. The molecule has 0 heterocycles. The van der Waals surface area contributed by atoms with E-state index in [0.717, 1.165) is 0 Å². The van der Waals surface area contributed by atoms with Gasteiger partial charge in [-0.25, -0.2) is 0 Å². The Hall–Kier alpha value is 0.654. The van der Waals surface area contributed by atoms with Gasteiger partial charge in [0.1, 0.15) is 0 Å². The Labute approximate surface area is 134 Å². The molecule has 1 aliphatic rings. The van der Waals surface area contributed by atoms with Crippen LogP contribution in [0, 0.1) is 5.41 Å². The predicted octanol–water partition coefficient (Wildman–Crippen LogP) is -2.52. The standard InChI is InChI=1S/C10H15.3CH3O.2ClH.Ti/c1-7-6-10(4,5)9(3)8(7)2;3*1-2;;;/h1-5H3;3*1H3;2*1H;/q;3*-1;;;+5/p-2. The van der Waals surface area contributed by atoms with E-state index in [-0.39, 0.29) is 30.2 Å². The third-order valence-corrected chi connectivity index (χ3v) is 9.21. The summed E-state index contributed by atoms with van der Waals surface area (Å²) in [6.45, 7) is 10.9. The molecule has 0 aromatic carbocycles. The average Bonchev–Trinajstić information content (AvgIpc) is 2.46. The van der Waals surface area contributed by atoms with Crippen LogP contribution >= 0.6 is 0 Å². The van der Waals surface area contributed by atoms with E-state index in [2.05, 4.69) is 34.6 Å². The Balaban J connectivity index is 0. The van der Waals surface area contributed by atoms with Gasteiger partial charge in [-0.15, -0.1) is 0 Å². The maximum atomic E-state index is 5.68. The minimum atomic E-state index is -3.30. The van der Waals surface area contributed by atoms with Gasteiger partial charge in [-0.05, 0) is 0 Å². The normalized spacial score (nSPS) is 17.5. The molecular formula is C13H24Cl2O3Ti. The first-order valence-corrected chi connectivity index (χ1v) is 8.53. The summed E-state index contributed by atoms with van der Waals surface area (Å²) in [5.74, 6) is 0. The van der Waals surface area contributed by atoms with Crippen LogP contribution in [-0.2, 0) is 27.7 Å². The Morgan fingerprint density at radius 3 is 1.37 bits per heavy atom. The zero-order valence-electron chi connectivity index (χ0n) is 13.0. The largest absolute Gasteiger partial charge is 1.00 e. The Morgan fingerprint density at radius 2 is 1.16 bits per heavy atom. The van der Waals surface area contributed by atoms with Gasteiger partial charge in [-0.2, -0.15) is 0 Å². The topological polar surface area (TPSA) is 27.7 Å². The van der Waals surface area contributed by atoms with Gasteiger partial charge in [0.25, 0.3) is 0 Å². The second-order valence-corrected chi connectivity index (χ2v) is 9.47. The Morgan fingerprint density at radius 1 is 0.789 bits per heavy atom. The molecule has 0 radical (unpaired) electrons. The van der Waals surface area contributed by atoms with Gasteiger partial charge in [0.05, 0.1) is 0 Å². The van der Waals surface area contributed by atoms with Gasteiger partial charge in [0, 0.05) is 0 Å². The molecule has 0 spiro atoms. The van der Waals surface area contributed by atoms with Crippen molar-refractivity contribution in [2.45, 2.75) is 34.6 Å². The summed E-state index contributed by atoms with van der Waals surface area (Å²) >= 11 is -3.30. The summed E-state index contributed by atoms with van der Waals surface area (Å²) in [7, 11) is 5.06. The van der Waals surface area contributed by atoms with Gasteiger partial charge in [-0.1, -0.05) is 0 Å². The molecule has 0 unspecified atom stereocenters. The molecule has 0 fully saturated rings. The fourth-order valence-corrected chi connectivity index (χ4v) is 7.00. The molecule has 0 atom stereocenters. The SMILES string of the molecule is C[O][Ti+2]([O]C)([O]C)[C]1=C(C)C(C)=C(C)C1(C)C.[Cl-].[Cl-]. The van der Waals surface area contributed by atoms with Crippen LogP contribution in [0.3, 0.4) is 0 Å². The van der Waals surface area contributed by atoms with Crippen molar-refractivity contribution in [3.63, 3.8) is 0 Å². The molecule has 0 N–H and O–H groups in total. The first-order valence-electron chi connectivity index (χ1n) is 5.84. The van der Waals surface area contributed by atoms with Crippen LogP contribution in [0.25, 0.3) is 0 Å². The van der Waals surface area contributed by atoms with Crippen LogP contribution in [0.15, 0.2) is 20.6 Å². The van der Waals surface area contributed by atoms with E-state index in [1.165, 1.54) is 20.6 Å². The third kappa shape index (κ3) is 3.29. The summed E-state index contributed by atoms with van der Waals surface area (Å²) in [5.41, 5.74) is 3.96. The molecule has 0 aliphatic heterocycles. The summed E-state index contributed by atoms with van der Waals surface area (Å²) in [6, 6.07) is 0. The van der Waals surface area contributed by atoms with E-state index in [9.17, 15) is 0 Å². The van der Waals surface area contributed by atoms with Crippen molar-refractivity contribution in [3.05, 3.63) is 20.6 Å². The number of hydrogen-bond donors (Lipinski definition) is 0. The molecule has 0 aromatic heterocycles. The molecule has 0 amide bonds. The van der Waals surface area contributed by atoms with Gasteiger partial charge in [-0.3, -0.25) is 0 Å².